The normalized spacial score (nSPS) is 11.2. The van der Waals surface area contributed by atoms with Gasteiger partial charge < -0.3 is 13.6 Å². The molecule has 7 heteroatoms. The van der Waals surface area contributed by atoms with Gasteiger partial charge >= 0.3 is 11.3 Å². The van der Waals surface area contributed by atoms with Crippen LogP contribution in [0.4, 0.5) is 0 Å². The van der Waals surface area contributed by atoms with Crippen molar-refractivity contribution in [2.45, 2.75) is 0 Å². The molecule has 0 aliphatic carbocycles. The fourth-order valence-corrected chi connectivity index (χ4v) is 4.01. The molecule has 142 valence electrons. The zero-order chi connectivity index (χ0) is 20.0. The van der Waals surface area contributed by atoms with Gasteiger partial charge in [-0.25, -0.2) is 14.6 Å². The van der Waals surface area contributed by atoms with Crippen LogP contribution >= 0.6 is 11.3 Å². The summed E-state index contributed by atoms with van der Waals surface area (Å²) in [4.78, 5) is 29.4. The number of methoxy groups -OCH3 is 1. The molecule has 0 atom stereocenters. The lowest BCUT2D eigenvalue weighted by Crippen LogP contribution is -2.04. The summed E-state index contributed by atoms with van der Waals surface area (Å²) in [6.07, 6.45) is 0. The summed E-state index contributed by atoms with van der Waals surface area (Å²) in [6, 6.07) is 16.1. The van der Waals surface area contributed by atoms with E-state index in [2.05, 4.69) is 4.98 Å². The molecule has 0 radical (unpaired) electrons. The average molecular weight is 403 g/mol. The highest BCUT2D eigenvalue weighted by Gasteiger charge is 2.16. The van der Waals surface area contributed by atoms with Crippen molar-refractivity contribution in [1.29, 1.82) is 0 Å². The standard InChI is InChI=1S/C22H13NO5S/c1-26-18-8-4-6-13-10-15(22(25)28-19(13)18)20-23-16(11-29-20)14-9-12-5-2-3-7-17(12)27-21(14)24/h2-11H,1H3. The van der Waals surface area contributed by atoms with Gasteiger partial charge in [0.15, 0.2) is 11.3 Å². The van der Waals surface area contributed by atoms with E-state index in [-0.39, 0.29) is 0 Å². The second kappa shape index (κ2) is 6.72. The second-order valence-electron chi connectivity index (χ2n) is 6.35. The molecule has 5 aromatic rings. The largest absolute Gasteiger partial charge is 0.493 e. The molecule has 0 fully saturated rings. The summed E-state index contributed by atoms with van der Waals surface area (Å²) in [6.45, 7) is 0. The van der Waals surface area contributed by atoms with Gasteiger partial charge in [0.2, 0.25) is 0 Å². The number of nitrogens with zero attached hydrogens (tertiary/aromatic N) is 1. The first-order valence-electron chi connectivity index (χ1n) is 8.74. The molecule has 5 rings (SSSR count). The van der Waals surface area contributed by atoms with Crippen molar-refractivity contribution < 1.29 is 13.6 Å². The molecule has 0 bridgehead atoms. The molecular weight excluding hydrogens is 390 g/mol. The van der Waals surface area contributed by atoms with E-state index in [0.29, 0.717) is 38.7 Å². The van der Waals surface area contributed by atoms with E-state index in [1.807, 2.05) is 24.3 Å². The Morgan fingerprint density at radius 3 is 2.52 bits per heavy atom. The van der Waals surface area contributed by atoms with Crippen molar-refractivity contribution in [2.24, 2.45) is 0 Å². The predicted octanol–water partition coefficient (Wildman–Crippen LogP) is 4.70. The Morgan fingerprint density at radius 2 is 1.66 bits per heavy atom. The van der Waals surface area contributed by atoms with Gasteiger partial charge in [-0.3, -0.25) is 0 Å². The zero-order valence-corrected chi connectivity index (χ0v) is 16.0. The average Bonchev–Trinajstić information content (AvgIpc) is 3.22. The molecule has 0 unspecified atom stereocenters. The maximum atomic E-state index is 12.6. The maximum absolute atomic E-state index is 12.6. The molecule has 29 heavy (non-hydrogen) atoms. The summed E-state index contributed by atoms with van der Waals surface area (Å²) < 4.78 is 16.1. The van der Waals surface area contributed by atoms with Crippen molar-refractivity contribution >= 4 is 33.3 Å². The van der Waals surface area contributed by atoms with Gasteiger partial charge in [0.25, 0.3) is 0 Å². The second-order valence-corrected chi connectivity index (χ2v) is 7.21. The number of para-hydroxylation sites is 2. The van der Waals surface area contributed by atoms with E-state index < -0.39 is 11.3 Å². The Labute approximate surface area is 167 Å². The van der Waals surface area contributed by atoms with Crippen LogP contribution in [0.3, 0.4) is 0 Å². The van der Waals surface area contributed by atoms with Gasteiger partial charge in [-0.1, -0.05) is 30.3 Å². The first-order chi connectivity index (χ1) is 14.1. The van der Waals surface area contributed by atoms with Gasteiger partial charge in [0.1, 0.15) is 10.6 Å². The van der Waals surface area contributed by atoms with Gasteiger partial charge in [0.05, 0.1) is 23.9 Å². The van der Waals surface area contributed by atoms with Crippen molar-refractivity contribution in [1.82, 2.24) is 4.98 Å². The molecular formula is C22H13NO5S. The summed E-state index contributed by atoms with van der Waals surface area (Å²) >= 11 is 1.26. The first kappa shape index (κ1) is 17.4. The molecule has 2 aromatic carbocycles. The van der Waals surface area contributed by atoms with E-state index in [1.165, 1.54) is 18.4 Å². The van der Waals surface area contributed by atoms with Crippen LogP contribution in [0.1, 0.15) is 0 Å². The molecule has 0 spiro atoms. The highest BCUT2D eigenvalue weighted by Crippen LogP contribution is 2.31. The molecule has 3 aromatic heterocycles. The Balaban J connectivity index is 1.64. The van der Waals surface area contributed by atoms with Crippen molar-refractivity contribution in [3.63, 3.8) is 0 Å². The lowest BCUT2D eigenvalue weighted by Gasteiger charge is -2.04. The van der Waals surface area contributed by atoms with Gasteiger partial charge in [0, 0.05) is 16.2 Å². The van der Waals surface area contributed by atoms with Crippen molar-refractivity contribution in [2.75, 3.05) is 7.11 Å². The third kappa shape index (κ3) is 2.92. The summed E-state index contributed by atoms with van der Waals surface area (Å²) in [5.74, 6) is 0.486. The minimum absolute atomic E-state index is 0.326. The molecule has 0 saturated heterocycles. The van der Waals surface area contributed by atoms with Crippen LogP contribution < -0.4 is 16.0 Å². The van der Waals surface area contributed by atoms with E-state index >= 15 is 0 Å². The van der Waals surface area contributed by atoms with E-state index in [0.717, 1.165) is 10.8 Å². The third-order valence-electron chi connectivity index (χ3n) is 4.60. The number of hydrogen-bond acceptors (Lipinski definition) is 7. The summed E-state index contributed by atoms with van der Waals surface area (Å²) in [5.41, 5.74) is 1.03. The number of thiazole rings is 1. The smallest absolute Gasteiger partial charge is 0.346 e. The Hall–Kier alpha value is -3.71. The fraction of sp³-hybridized carbons (Fsp3) is 0.0455. The van der Waals surface area contributed by atoms with Crippen LogP contribution in [0.25, 0.3) is 43.8 Å². The number of hydrogen-bond donors (Lipinski definition) is 0. The SMILES string of the molecule is COc1cccc2cc(-c3nc(-c4cc5ccccc5oc4=O)cs3)c(=O)oc12. The summed E-state index contributed by atoms with van der Waals surface area (Å²) in [5, 5.41) is 3.71. The maximum Gasteiger partial charge on any atom is 0.346 e. The highest BCUT2D eigenvalue weighted by molar-refractivity contribution is 7.13. The molecule has 0 saturated carbocycles. The van der Waals surface area contributed by atoms with Crippen LogP contribution in [0.2, 0.25) is 0 Å². The molecule has 0 amide bonds. The Kier molecular flexibility index (Phi) is 4.03. The first-order valence-corrected chi connectivity index (χ1v) is 9.62. The van der Waals surface area contributed by atoms with Crippen LogP contribution in [0.5, 0.6) is 5.75 Å². The van der Waals surface area contributed by atoms with Gasteiger partial charge in [-0.05, 0) is 24.3 Å². The lowest BCUT2D eigenvalue weighted by molar-refractivity contribution is 0.407. The fourth-order valence-electron chi connectivity index (χ4n) is 3.19. The Bertz CT molecular complexity index is 1490. The van der Waals surface area contributed by atoms with E-state index in [1.54, 1.807) is 35.7 Å². The third-order valence-corrected chi connectivity index (χ3v) is 5.47. The highest BCUT2D eigenvalue weighted by atomic mass is 32.1. The number of benzene rings is 2. The van der Waals surface area contributed by atoms with E-state index in [9.17, 15) is 9.59 Å². The summed E-state index contributed by atoms with van der Waals surface area (Å²) in [7, 11) is 1.52. The number of aromatic nitrogens is 1. The zero-order valence-electron chi connectivity index (χ0n) is 15.2. The minimum atomic E-state index is -0.520. The quantitative estimate of drug-likeness (QED) is 0.406. The van der Waals surface area contributed by atoms with E-state index in [4.69, 9.17) is 13.6 Å². The minimum Gasteiger partial charge on any atom is -0.493 e. The monoisotopic (exact) mass is 403 g/mol. The van der Waals surface area contributed by atoms with Crippen LogP contribution in [0.15, 0.2) is 78.4 Å². The van der Waals surface area contributed by atoms with Crippen LogP contribution in [-0.4, -0.2) is 12.1 Å². The number of rotatable bonds is 3. The van der Waals surface area contributed by atoms with Gasteiger partial charge in [-0.2, -0.15) is 0 Å². The van der Waals surface area contributed by atoms with Crippen molar-refractivity contribution in [3.8, 4) is 27.6 Å². The topological polar surface area (TPSA) is 82.5 Å². The van der Waals surface area contributed by atoms with Crippen LogP contribution in [0, 0.1) is 0 Å². The molecule has 0 aliphatic rings. The Morgan fingerprint density at radius 1 is 0.897 bits per heavy atom. The van der Waals surface area contributed by atoms with Crippen molar-refractivity contribution in [3.05, 3.63) is 80.8 Å². The molecule has 3 heterocycles. The lowest BCUT2D eigenvalue weighted by atomic mass is 10.1. The predicted molar refractivity (Wildman–Crippen MR) is 112 cm³/mol. The number of fused-ring (bicyclic) bond motifs is 2. The molecule has 0 aliphatic heterocycles. The molecule has 0 N–H and O–H groups in total. The van der Waals surface area contributed by atoms with Crippen LogP contribution in [-0.2, 0) is 0 Å². The van der Waals surface area contributed by atoms with Gasteiger partial charge in [-0.15, -0.1) is 11.3 Å². The number of ether oxygens (including phenoxy) is 1. The molecule has 6 nitrogen and oxygen atoms in total.